The third-order valence-corrected chi connectivity index (χ3v) is 5.87. The number of para-hydroxylation sites is 1. The molecular formula is C20H23ClN2O2S. The highest BCUT2D eigenvalue weighted by Gasteiger charge is 2.20. The minimum absolute atomic E-state index is 0.00314. The van der Waals surface area contributed by atoms with E-state index >= 15 is 0 Å². The quantitative estimate of drug-likeness (QED) is 0.778. The Labute approximate surface area is 163 Å². The summed E-state index contributed by atoms with van der Waals surface area (Å²) < 4.78 is 0. The summed E-state index contributed by atoms with van der Waals surface area (Å²) in [5, 5.41) is 13.0. The number of nitrogens with zero attached hydrogens (tertiary/aromatic N) is 1. The molecule has 0 radical (unpaired) electrons. The molecule has 2 N–H and O–H groups in total. The first-order valence-corrected chi connectivity index (χ1v) is 9.99. The molecule has 2 aromatic rings. The molecule has 0 spiro atoms. The summed E-state index contributed by atoms with van der Waals surface area (Å²) in [6, 6.07) is 15.5. The van der Waals surface area contributed by atoms with Gasteiger partial charge in [-0.2, -0.15) is 0 Å². The van der Waals surface area contributed by atoms with Crippen LogP contribution in [0, 0.1) is 5.92 Å². The van der Waals surface area contributed by atoms with Crippen LogP contribution in [0.2, 0.25) is 5.02 Å². The Kier molecular flexibility index (Phi) is 6.97. The van der Waals surface area contributed by atoms with Gasteiger partial charge in [0.1, 0.15) is 0 Å². The summed E-state index contributed by atoms with van der Waals surface area (Å²) in [6.45, 7) is 2.35. The lowest BCUT2D eigenvalue weighted by Crippen LogP contribution is -2.39. The van der Waals surface area contributed by atoms with Crippen molar-refractivity contribution in [1.82, 2.24) is 4.90 Å². The Morgan fingerprint density at radius 1 is 1.15 bits per heavy atom. The van der Waals surface area contributed by atoms with Gasteiger partial charge in [-0.1, -0.05) is 35.5 Å². The molecule has 0 unspecified atom stereocenters. The molecule has 1 fully saturated rings. The van der Waals surface area contributed by atoms with Gasteiger partial charge in [0.25, 0.3) is 0 Å². The predicted molar refractivity (Wildman–Crippen MR) is 107 cm³/mol. The van der Waals surface area contributed by atoms with Crippen molar-refractivity contribution in [2.75, 3.05) is 31.6 Å². The van der Waals surface area contributed by atoms with Crippen LogP contribution in [0.1, 0.15) is 12.8 Å². The summed E-state index contributed by atoms with van der Waals surface area (Å²) in [5.74, 6) is 0.377. The van der Waals surface area contributed by atoms with Gasteiger partial charge in [-0.3, -0.25) is 9.69 Å². The molecule has 6 heteroatoms. The van der Waals surface area contributed by atoms with Crippen LogP contribution in [0.25, 0.3) is 0 Å². The van der Waals surface area contributed by atoms with Crippen LogP contribution in [0.3, 0.4) is 0 Å². The second-order valence-corrected chi connectivity index (χ2v) is 8.05. The molecule has 138 valence electrons. The van der Waals surface area contributed by atoms with Gasteiger partial charge in [-0.05, 0) is 68.2 Å². The maximum Gasteiger partial charge on any atom is 0.238 e. The molecule has 1 aliphatic rings. The third kappa shape index (κ3) is 5.48. The molecule has 3 rings (SSSR count). The van der Waals surface area contributed by atoms with Gasteiger partial charge >= 0.3 is 0 Å². The predicted octanol–water partition coefficient (Wildman–Crippen LogP) is 4.13. The fraction of sp³-hybridized carbons (Fsp3) is 0.350. The van der Waals surface area contributed by atoms with Crippen molar-refractivity contribution in [3.8, 4) is 0 Å². The molecule has 0 bridgehead atoms. The Bertz CT molecular complexity index is 731. The van der Waals surface area contributed by atoms with Crippen molar-refractivity contribution < 1.29 is 9.90 Å². The number of rotatable bonds is 6. The molecule has 1 heterocycles. The number of aliphatic hydroxyl groups excluding tert-OH is 1. The first-order chi connectivity index (χ1) is 12.6. The Morgan fingerprint density at radius 3 is 2.54 bits per heavy atom. The van der Waals surface area contributed by atoms with E-state index in [1.165, 1.54) is 0 Å². The highest BCUT2D eigenvalue weighted by atomic mass is 35.5. The molecule has 0 saturated carbocycles. The molecule has 26 heavy (non-hydrogen) atoms. The minimum Gasteiger partial charge on any atom is -0.396 e. The highest BCUT2D eigenvalue weighted by Crippen LogP contribution is 2.33. The van der Waals surface area contributed by atoms with Crippen molar-refractivity contribution in [2.45, 2.75) is 22.6 Å². The van der Waals surface area contributed by atoms with Crippen LogP contribution in [0.5, 0.6) is 0 Å². The number of anilines is 1. The summed E-state index contributed by atoms with van der Waals surface area (Å²) >= 11 is 7.54. The minimum atomic E-state index is -0.00314. The number of likely N-dealkylation sites (tertiary alicyclic amines) is 1. The van der Waals surface area contributed by atoms with E-state index in [9.17, 15) is 9.90 Å². The molecular weight excluding hydrogens is 368 g/mol. The van der Waals surface area contributed by atoms with Crippen molar-refractivity contribution in [3.63, 3.8) is 0 Å². The van der Waals surface area contributed by atoms with Crippen molar-refractivity contribution in [2.24, 2.45) is 5.92 Å². The number of benzene rings is 2. The van der Waals surface area contributed by atoms with E-state index in [1.54, 1.807) is 11.8 Å². The smallest absolute Gasteiger partial charge is 0.238 e. The number of amides is 1. The first-order valence-electron chi connectivity index (χ1n) is 8.79. The lowest BCUT2D eigenvalue weighted by atomic mass is 9.98. The van der Waals surface area contributed by atoms with Crippen molar-refractivity contribution in [3.05, 3.63) is 53.6 Å². The molecule has 1 amide bonds. The van der Waals surface area contributed by atoms with E-state index in [0.29, 0.717) is 17.5 Å². The fourth-order valence-electron chi connectivity index (χ4n) is 3.01. The van der Waals surface area contributed by atoms with Crippen LogP contribution in [-0.2, 0) is 4.79 Å². The fourth-order valence-corrected chi connectivity index (χ4v) is 4.04. The van der Waals surface area contributed by atoms with Gasteiger partial charge < -0.3 is 10.4 Å². The Morgan fingerprint density at radius 2 is 1.85 bits per heavy atom. The highest BCUT2D eigenvalue weighted by molar-refractivity contribution is 7.99. The summed E-state index contributed by atoms with van der Waals surface area (Å²) in [7, 11) is 0. The summed E-state index contributed by atoms with van der Waals surface area (Å²) in [6.07, 6.45) is 1.90. The van der Waals surface area contributed by atoms with Crippen LogP contribution in [0.4, 0.5) is 5.69 Å². The van der Waals surface area contributed by atoms with E-state index in [4.69, 9.17) is 11.6 Å². The molecule has 0 atom stereocenters. The zero-order valence-electron chi connectivity index (χ0n) is 14.5. The van der Waals surface area contributed by atoms with E-state index < -0.39 is 0 Å². The molecule has 1 saturated heterocycles. The van der Waals surface area contributed by atoms with Crippen LogP contribution >= 0.6 is 23.4 Å². The summed E-state index contributed by atoms with van der Waals surface area (Å²) in [4.78, 5) is 16.7. The Balaban J connectivity index is 1.59. The SMILES string of the molecule is O=C(CN1CCC(CO)CC1)Nc1ccccc1Sc1ccc(Cl)cc1. The second kappa shape index (κ2) is 9.42. The van der Waals surface area contributed by atoms with E-state index in [0.717, 1.165) is 41.4 Å². The van der Waals surface area contributed by atoms with Gasteiger partial charge in [0, 0.05) is 21.4 Å². The zero-order valence-corrected chi connectivity index (χ0v) is 16.1. The topological polar surface area (TPSA) is 52.6 Å². The number of hydrogen-bond donors (Lipinski definition) is 2. The average molecular weight is 391 g/mol. The molecule has 2 aromatic carbocycles. The number of nitrogens with one attached hydrogen (secondary N) is 1. The van der Waals surface area contributed by atoms with E-state index in [1.807, 2.05) is 48.5 Å². The number of hydrogen-bond acceptors (Lipinski definition) is 4. The largest absolute Gasteiger partial charge is 0.396 e. The first kappa shape index (κ1) is 19.2. The number of piperidine rings is 1. The zero-order chi connectivity index (χ0) is 18.4. The van der Waals surface area contributed by atoms with Crippen LogP contribution in [0.15, 0.2) is 58.3 Å². The van der Waals surface area contributed by atoms with Gasteiger partial charge in [0.15, 0.2) is 0 Å². The number of halogens is 1. The number of carbonyl (C=O) groups is 1. The second-order valence-electron chi connectivity index (χ2n) is 6.50. The normalized spacial score (nSPS) is 15.8. The molecule has 1 aliphatic heterocycles. The Hall–Kier alpha value is -1.53. The maximum atomic E-state index is 12.5. The molecule has 0 aliphatic carbocycles. The monoisotopic (exact) mass is 390 g/mol. The van der Waals surface area contributed by atoms with Crippen molar-refractivity contribution in [1.29, 1.82) is 0 Å². The lowest BCUT2D eigenvalue weighted by molar-refractivity contribution is -0.117. The van der Waals surface area contributed by atoms with Gasteiger partial charge in [0.05, 0.1) is 12.2 Å². The van der Waals surface area contributed by atoms with Gasteiger partial charge in [-0.25, -0.2) is 0 Å². The van der Waals surface area contributed by atoms with Gasteiger partial charge in [-0.15, -0.1) is 0 Å². The number of aliphatic hydroxyl groups is 1. The standard InChI is InChI=1S/C20H23ClN2O2S/c21-16-5-7-17(8-6-16)26-19-4-2-1-3-18(19)22-20(25)13-23-11-9-15(14-24)10-12-23/h1-8,15,24H,9-14H2,(H,22,25). The van der Waals surface area contributed by atoms with Crippen LogP contribution in [-0.4, -0.2) is 42.2 Å². The molecule has 0 aromatic heterocycles. The average Bonchev–Trinajstić information content (AvgIpc) is 2.66. The molecule has 4 nitrogen and oxygen atoms in total. The maximum absolute atomic E-state index is 12.5. The number of carbonyl (C=O) groups excluding carboxylic acids is 1. The summed E-state index contributed by atoms with van der Waals surface area (Å²) in [5.41, 5.74) is 0.822. The third-order valence-electron chi connectivity index (χ3n) is 4.54. The van der Waals surface area contributed by atoms with E-state index in [-0.39, 0.29) is 12.5 Å². The van der Waals surface area contributed by atoms with Gasteiger partial charge in [0.2, 0.25) is 5.91 Å². The van der Waals surface area contributed by atoms with Crippen LogP contribution < -0.4 is 5.32 Å². The van der Waals surface area contributed by atoms with E-state index in [2.05, 4.69) is 10.2 Å². The van der Waals surface area contributed by atoms with Crippen molar-refractivity contribution >= 4 is 35.0 Å². The lowest BCUT2D eigenvalue weighted by Gasteiger charge is -2.30.